The lowest BCUT2D eigenvalue weighted by Crippen LogP contribution is -2.40. The van der Waals surface area contributed by atoms with Crippen LogP contribution >= 0.6 is 0 Å². The molecule has 0 radical (unpaired) electrons. The van der Waals surface area contributed by atoms with Gasteiger partial charge in [0, 0.05) is 56.4 Å². The van der Waals surface area contributed by atoms with Crippen LogP contribution < -0.4 is 5.56 Å². The molecule has 9 heteroatoms. The van der Waals surface area contributed by atoms with Gasteiger partial charge in [0.1, 0.15) is 17.3 Å². The van der Waals surface area contributed by atoms with Crippen molar-refractivity contribution in [3.05, 3.63) is 38.8 Å². The zero-order valence-corrected chi connectivity index (χ0v) is 19.9. The van der Waals surface area contributed by atoms with E-state index in [0.717, 1.165) is 66.3 Å². The molecule has 1 N–H and O–H groups in total. The number of aromatic nitrogens is 6. The molecular formula is C24H33N7O2. The second-order valence-corrected chi connectivity index (χ2v) is 9.61. The molecule has 0 aliphatic carbocycles. The molecule has 0 spiro atoms. The number of H-pyrrole nitrogens is 1. The summed E-state index contributed by atoms with van der Waals surface area (Å²) in [5, 5.41) is 14.4. The van der Waals surface area contributed by atoms with Crippen molar-refractivity contribution >= 4 is 16.9 Å². The SMILES string of the molecule is Cc1nn(C)c2[nH]c(=O)c(CCC(=O)N3CCCC(c4nnc5n4CCCCC5)C3)c(C)c12. The Hall–Kier alpha value is -2.97. The number of nitrogens with one attached hydrogen (secondary N) is 1. The molecule has 1 unspecified atom stereocenters. The first-order chi connectivity index (χ1) is 15.9. The monoisotopic (exact) mass is 451 g/mol. The number of carbonyl (C=O) groups excluding carboxylic acids is 1. The number of carbonyl (C=O) groups is 1. The van der Waals surface area contributed by atoms with Crippen molar-refractivity contribution in [1.82, 2.24) is 34.4 Å². The molecule has 2 aliphatic heterocycles. The average molecular weight is 452 g/mol. The van der Waals surface area contributed by atoms with Gasteiger partial charge in [0.2, 0.25) is 5.91 Å². The summed E-state index contributed by atoms with van der Waals surface area (Å²) in [7, 11) is 1.83. The summed E-state index contributed by atoms with van der Waals surface area (Å²) in [4.78, 5) is 30.8. The number of fused-ring (bicyclic) bond motifs is 2. The first-order valence-corrected chi connectivity index (χ1v) is 12.2. The van der Waals surface area contributed by atoms with Crippen LogP contribution in [0, 0.1) is 13.8 Å². The smallest absolute Gasteiger partial charge is 0.253 e. The van der Waals surface area contributed by atoms with Gasteiger partial charge in [-0.1, -0.05) is 6.42 Å². The van der Waals surface area contributed by atoms with Gasteiger partial charge < -0.3 is 14.5 Å². The summed E-state index contributed by atoms with van der Waals surface area (Å²) in [6, 6.07) is 0. The Labute approximate surface area is 193 Å². The third-order valence-corrected chi connectivity index (χ3v) is 7.42. The molecule has 9 nitrogen and oxygen atoms in total. The van der Waals surface area contributed by atoms with Crippen LogP contribution in [0.25, 0.3) is 11.0 Å². The highest BCUT2D eigenvalue weighted by Crippen LogP contribution is 2.28. The fourth-order valence-corrected chi connectivity index (χ4v) is 5.67. The number of amides is 1. The normalized spacial score (nSPS) is 19.0. The predicted molar refractivity (Wildman–Crippen MR) is 125 cm³/mol. The number of aryl methyl sites for hydroxylation is 4. The fraction of sp³-hybridized carbons (Fsp3) is 0.625. The van der Waals surface area contributed by atoms with E-state index in [1.807, 2.05) is 25.8 Å². The Balaban J connectivity index is 1.30. The van der Waals surface area contributed by atoms with Gasteiger partial charge in [0.05, 0.1) is 5.69 Å². The van der Waals surface area contributed by atoms with Gasteiger partial charge in [-0.2, -0.15) is 5.10 Å². The lowest BCUT2D eigenvalue weighted by Gasteiger charge is -2.32. The Bertz CT molecular complexity index is 1250. The molecule has 5 rings (SSSR count). The minimum Gasteiger partial charge on any atom is -0.342 e. The molecule has 0 bridgehead atoms. The number of piperidine rings is 1. The van der Waals surface area contributed by atoms with Crippen LogP contribution in [0.5, 0.6) is 0 Å². The van der Waals surface area contributed by atoms with Gasteiger partial charge in [-0.05, 0) is 51.5 Å². The zero-order chi connectivity index (χ0) is 23.1. The second kappa shape index (κ2) is 8.76. The van der Waals surface area contributed by atoms with Crippen LogP contribution in [-0.2, 0) is 31.2 Å². The van der Waals surface area contributed by atoms with E-state index >= 15 is 0 Å². The van der Waals surface area contributed by atoms with Crippen molar-refractivity contribution in [1.29, 1.82) is 0 Å². The molecule has 1 amide bonds. The molecule has 3 aromatic rings. The van der Waals surface area contributed by atoms with Crippen molar-refractivity contribution in [3.8, 4) is 0 Å². The van der Waals surface area contributed by atoms with Gasteiger partial charge in [0.25, 0.3) is 5.56 Å². The standard InChI is InChI=1S/C24H33N7O2/c1-15-18(24(33)25-23-21(15)16(2)28-29(23)3)10-11-20(32)30-12-7-8-17(14-30)22-27-26-19-9-5-4-6-13-31(19)22/h17H,4-14H2,1-3H3,(H,25,33). The molecule has 33 heavy (non-hydrogen) atoms. The van der Waals surface area contributed by atoms with Crippen molar-refractivity contribution < 1.29 is 4.79 Å². The highest BCUT2D eigenvalue weighted by molar-refractivity contribution is 5.83. The van der Waals surface area contributed by atoms with Crippen molar-refractivity contribution in [2.45, 2.75) is 77.7 Å². The number of hydrogen-bond acceptors (Lipinski definition) is 5. The second-order valence-electron chi connectivity index (χ2n) is 9.61. The molecular weight excluding hydrogens is 418 g/mol. The van der Waals surface area contributed by atoms with Crippen LogP contribution in [0.15, 0.2) is 4.79 Å². The van der Waals surface area contributed by atoms with E-state index in [1.165, 1.54) is 19.3 Å². The van der Waals surface area contributed by atoms with Crippen LogP contribution in [0.1, 0.15) is 72.9 Å². The van der Waals surface area contributed by atoms with Crippen molar-refractivity contribution in [3.63, 3.8) is 0 Å². The number of aromatic amines is 1. The Kier molecular flexibility index (Phi) is 5.80. The van der Waals surface area contributed by atoms with Crippen molar-refractivity contribution in [2.24, 2.45) is 7.05 Å². The molecule has 2 aliphatic rings. The van der Waals surface area contributed by atoms with Gasteiger partial charge in [-0.15, -0.1) is 10.2 Å². The maximum Gasteiger partial charge on any atom is 0.253 e. The molecule has 1 fully saturated rings. The maximum absolute atomic E-state index is 13.1. The molecule has 1 atom stereocenters. The lowest BCUT2D eigenvalue weighted by molar-refractivity contribution is -0.132. The topological polar surface area (TPSA) is 102 Å². The first-order valence-electron chi connectivity index (χ1n) is 12.2. The average Bonchev–Trinajstić information content (AvgIpc) is 3.23. The summed E-state index contributed by atoms with van der Waals surface area (Å²) in [5.74, 6) is 2.50. The largest absolute Gasteiger partial charge is 0.342 e. The van der Waals surface area contributed by atoms with Crippen LogP contribution in [-0.4, -0.2) is 53.4 Å². The molecule has 0 saturated carbocycles. The van der Waals surface area contributed by atoms with Crippen LogP contribution in [0.4, 0.5) is 0 Å². The zero-order valence-electron chi connectivity index (χ0n) is 19.9. The first kappa shape index (κ1) is 21.9. The van der Waals surface area contributed by atoms with Gasteiger partial charge in [-0.25, -0.2) is 0 Å². The van der Waals surface area contributed by atoms with E-state index in [-0.39, 0.29) is 17.4 Å². The Morgan fingerprint density at radius 2 is 1.97 bits per heavy atom. The summed E-state index contributed by atoms with van der Waals surface area (Å²) in [6.07, 6.45) is 7.36. The van der Waals surface area contributed by atoms with Crippen LogP contribution in [0.2, 0.25) is 0 Å². The summed E-state index contributed by atoms with van der Waals surface area (Å²) < 4.78 is 4.01. The number of rotatable bonds is 4. The molecule has 3 aromatic heterocycles. The maximum atomic E-state index is 13.1. The molecule has 1 saturated heterocycles. The number of likely N-dealkylation sites (tertiary alicyclic amines) is 1. The van der Waals surface area contributed by atoms with E-state index in [4.69, 9.17) is 0 Å². The number of pyridine rings is 1. The quantitative estimate of drug-likeness (QED) is 0.657. The summed E-state index contributed by atoms with van der Waals surface area (Å²) >= 11 is 0. The molecule has 0 aromatic carbocycles. The fourth-order valence-electron chi connectivity index (χ4n) is 5.67. The van der Waals surface area contributed by atoms with Gasteiger partial charge in [0.15, 0.2) is 0 Å². The Morgan fingerprint density at radius 3 is 2.82 bits per heavy atom. The molecule has 176 valence electrons. The summed E-state index contributed by atoms with van der Waals surface area (Å²) in [5.41, 5.74) is 3.10. The number of nitrogens with zero attached hydrogens (tertiary/aromatic N) is 6. The van der Waals surface area contributed by atoms with Gasteiger partial charge in [-0.3, -0.25) is 14.3 Å². The minimum atomic E-state index is -0.126. The minimum absolute atomic E-state index is 0.108. The third-order valence-electron chi connectivity index (χ3n) is 7.42. The van der Waals surface area contributed by atoms with E-state index in [9.17, 15) is 9.59 Å². The van der Waals surface area contributed by atoms with E-state index in [2.05, 4.69) is 24.8 Å². The highest BCUT2D eigenvalue weighted by Gasteiger charge is 2.29. The van der Waals surface area contributed by atoms with E-state index in [1.54, 1.807) is 4.68 Å². The highest BCUT2D eigenvalue weighted by atomic mass is 16.2. The van der Waals surface area contributed by atoms with E-state index in [0.29, 0.717) is 24.9 Å². The van der Waals surface area contributed by atoms with Crippen molar-refractivity contribution in [2.75, 3.05) is 13.1 Å². The van der Waals surface area contributed by atoms with E-state index < -0.39 is 0 Å². The van der Waals surface area contributed by atoms with Crippen LogP contribution in [0.3, 0.4) is 0 Å². The Morgan fingerprint density at radius 1 is 1.12 bits per heavy atom. The molecule has 5 heterocycles. The third kappa shape index (κ3) is 3.98. The lowest BCUT2D eigenvalue weighted by atomic mass is 9.96. The summed E-state index contributed by atoms with van der Waals surface area (Å²) in [6.45, 7) is 6.35. The number of hydrogen-bond donors (Lipinski definition) is 1. The predicted octanol–water partition coefficient (Wildman–Crippen LogP) is 2.54. The van der Waals surface area contributed by atoms with Gasteiger partial charge >= 0.3 is 0 Å².